The Morgan fingerprint density at radius 3 is 2.42 bits per heavy atom. The Kier molecular flexibility index (Phi) is 6.90. The van der Waals surface area contributed by atoms with Gasteiger partial charge in [-0.3, -0.25) is 24.1 Å². The van der Waals surface area contributed by atoms with E-state index in [4.69, 9.17) is 0 Å². The fraction of sp³-hybridized carbons (Fsp3) is 0.259. The summed E-state index contributed by atoms with van der Waals surface area (Å²) in [5.74, 6) is -0.835. The molecule has 8 nitrogen and oxygen atoms in total. The van der Waals surface area contributed by atoms with Crippen LogP contribution in [0.1, 0.15) is 24.8 Å². The second kappa shape index (κ2) is 10.4. The quantitative estimate of drug-likeness (QED) is 0.507. The maximum Gasteiger partial charge on any atom is 0.294 e. The van der Waals surface area contributed by atoms with Crippen LogP contribution in [0.4, 0.5) is 10.5 Å². The average Bonchev–Trinajstić information content (AvgIpc) is 3.36. The summed E-state index contributed by atoms with van der Waals surface area (Å²) in [4.78, 5) is 53.9. The molecule has 3 aromatic rings. The number of fused-ring (bicyclic) bond motifs is 1. The van der Waals surface area contributed by atoms with Crippen LogP contribution < -0.4 is 5.32 Å². The molecule has 184 valence electrons. The number of nitrogens with zero attached hydrogens (tertiary/aromatic N) is 3. The van der Waals surface area contributed by atoms with Crippen molar-refractivity contribution in [2.24, 2.45) is 0 Å². The lowest BCUT2D eigenvalue weighted by molar-refractivity contribution is -0.136. The van der Waals surface area contributed by atoms with E-state index >= 15 is 0 Å². The van der Waals surface area contributed by atoms with Crippen LogP contribution in [0.15, 0.2) is 65.7 Å². The van der Waals surface area contributed by atoms with Gasteiger partial charge < -0.3 is 14.8 Å². The van der Waals surface area contributed by atoms with Crippen molar-refractivity contribution < 1.29 is 19.2 Å². The molecule has 0 radical (unpaired) electrons. The van der Waals surface area contributed by atoms with Crippen LogP contribution in [-0.4, -0.2) is 57.0 Å². The first-order valence-electron chi connectivity index (χ1n) is 12.0. The van der Waals surface area contributed by atoms with Gasteiger partial charge >= 0.3 is 0 Å². The van der Waals surface area contributed by atoms with E-state index in [-0.39, 0.29) is 29.8 Å². The first kappa shape index (κ1) is 23.9. The highest BCUT2D eigenvalue weighted by Crippen LogP contribution is 2.34. The summed E-state index contributed by atoms with van der Waals surface area (Å²) in [5, 5.41) is 3.30. The van der Waals surface area contributed by atoms with Gasteiger partial charge in [-0.05, 0) is 55.3 Å². The topological polar surface area (TPSA) is 91.7 Å². The molecule has 1 N–H and O–H groups in total. The maximum absolute atomic E-state index is 13.0. The van der Waals surface area contributed by atoms with E-state index in [1.54, 1.807) is 11.0 Å². The number of likely N-dealkylation sites (tertiary alicyclic amines) is 1. The van der Waals surface area contributed by atoms with Gasteiger partial charge in [0.2, 0.25) is 11.8 Å². The lowest BCUT2D eigenvalue weighted by Gasteiger charge is -2.27. The molecule has 1 aromatic heterocycles. The van der Waals surface area contributed by atoms with Crippen molar-refractivity contribution in [1.82, 2.24) is 14.4 Å². The summed E-state index contributed by atoms with van der Waals surface area (Å²) in [6.07, 6.45) is 6.46. The Bertz CT molecular complexity index is 1360. The van der Waals surface area contributed by atoms with Gasteiger partial charge in [-0.15, -0.1) is 0 Å². The van der Waals surface area contributed by atoms with Crippen LogP contribution >= 0.6 is 11.8 Å². The van der Waals surface area contributed by atoms with Gasteiger partial charge in [0, 0.05) is 41.4 Å². The average molecular weight is 503 g/mol. The number of benzene rings is 2. The van der Waals surface area contributed by atoms with E-state index < -0.39 is 11.1 Å². The number of para-hydroxylation sites is 2. The summed E-state index contributed by atoms with van der Waals surface area (Å²) in [6.45, 7) is 1.20. The summed E-state index contributed by atoms with van der Waals surface area (Å²) >= 11 is 0.838. The fourth-order valence-corrected chi connectivity index (χ4v) is 5.38. The molecule has 36 heavy (non-hydrogen) atoms. The highest BCUT2D eigenvalue weighted by Gasteiger charge is 2.37. The molecule has 0 aliphatic carbocycles. The molecular weight excluding hydrogens is 476 g/mol. The zero-order chi connectivity index (χ0) is 25.1. The van der Waals surface area contributed by atoms with Crippen LogP contribution in [0, 0.1) is 0 Å². The number of amides is 4. The molecule has 3 heterocycles. The first-order valence-corrected chi connectivity index (χ1v) is 12.8. The Labute approximate surface area is 212 Å². The molecule has 0 bridgehead atoms. The van der Waals surface area contributed by atoms with Gasteiger partial charge in [0.05, 0.1) is 4.91 Å². The molecule has 5 rings (SSSR count). The van der Waals surface area contributed by atoms with Crippen molar-refractivity contribution in [2.75, 3.05) is 25.0 Å². The molecule has 9 heteroatoms. The highest BCUT2D eigenvalue weighted by molar-refractivity contribution is 8.18. The van der Waals surface area contributed by atoms with Crippen LogP contribution in [0.5, 0.6) is 0 Å². The Morgan fingerprint density at radius 2 is 1.64 bits per heavy atom. The minimum absolute atomic E-state index is 0.0923. The van der Waals surface area contributed by atoms with Crippen molar-refractivity contribution in [3.8, 4) is 0 Å². The summed E-state index contributed by atoms with van der Waals surface area (Å²) in [6, 6.07) is 16.8. The monoisotopic (exact) mass is 502 g/mol. The normalized spacial score (nSPS) is 17.3. The van der Waals surface area contributed by atoms with Crippen molar-refractivity contribution in [1.29, 1.82) is 0 Å². The summed E-state index contributed by atoms with van der Waals surface area (Å²) in [5.41, 5.74) is 2.28. The predicted octanol–water partition coefficient (Wildman–Crippen LogP) is 4.33. The van der Waals surface area contributed by atoms with E-state index in [1.165, 1.54) is 0 Å². The molecule has 2 aliphatic rings. The van der Waals surface area contributed by atoms with E-state index in [9.17, 15) is 19.2 Å². The number of carbonyl (C=O) groups excluding carboxylic acids is 4. The molecule has 2 fully saturated rings. The second-order valence-corrected chi connectivity index (χ2v) is 9.85. The van der Waals surface area contributed by atoms with Crippen molar-refractivity contribution >= 4 is 57.4 Å². The van der Waals surface area contributed by atoms with Crippen molar-refractivity contribution in [2.45, 2.75) is 25.8 Å². The third-order valence-electron chi connectivity index (χ3n) is 6.35. The molecule has 0 unspecified atom stereocenters. The molecule has 2 aliphatic heterocycles. The number of aromatic nitrogens is 1. The number of carbonyl (C=O) groups is 4. The van der Waals surface area contributed by atoms with Gasteiger partial charge in [0.1, 0.15) is 13.1 Å². The van der Waals surface area contributed by atoms with E-state index in [0.29, 0.717) is 18.8 Å². The molecule has 4 amide bonds. The fourth-order valence-electron chi connectivity index (χ4n) is 4.55. The molecule has 2 aromatic carbocycles. The van der Waals surface area contributed by atoms with Gasteiger partial charge in [0.15, 0.2) is 0 Å². The smallest absolute Gasteiger partial charge is 0.294 e. The molecule has 0 saturated carbocycles. The van der Waals surface area contributed by atoms with Crippen LogP contribution in [0.25, 0.3) is 17.0 Å². The van der Waals surface area contributed by atoms with Crippen LogP contribution in [-0.2, 0) is 20.9 Å². The summed E-state index contributed by atoms with van der Waals surface area (Å²) in [7, 11) is 0. The molecular formula is C27H26N4O4S. The highest BCUT2D eigenvalue weighted by atomic mass is 32.2. The molecule has 2 saturated heterocycles. The van der Waals surface area contributed by atoms with Crippen molar-refractivity contribution in [3.63, 3.8) is 0 Å². The first-order chi connectivity index (χ1) is 17.5. The number of imide groups is 1. The standard InChI is InChI=1S/C27H26N4O4S/c32-24(28-20-9-3-1-4-10-20)17-30-16-19(21-11-5-6-12-22(21)30)15-23-26(34)31(27(35)36-23)18-25(33)29-13-7-2-8-14-29/h1,3-6,9-12,15-16H,2,7-8,13-14,17-18H2,(H,28,32)/b23-15-. The van der Waals surface area contributed by atoms with Gasteiger partial charge in [-0.25, -0.2) is 0 Å². The lowest BCUT2D eigenvalue weighted by Crippen LogP contribution is -2.44. The minimum Gasteiger partial charge on any atom is -0.341 e. The van der Waals surface area contributed by atoms with E-state index in [0.717, 1.165) is 52.4 Å². The zero-order valence-electron chi connectivity index (χ0n) is 19.7. The van der Waals surface area contributed by atoms with Crippen molar-refractivity contribution in [3.05, 3.63) is 71.3 Å². The number of hydrogen-bond donors (Lipinski definition) is 1. The number of nitrogens with one attached hydrogen (secondary N) is 1. The molecule has 0 spiro atoms. The van der Waals surface area contributed by atoms with Crippen LogP contribution in [0.2, 0.25) is 0 Å². The van der Waals surface area contributed by atoms with Gasteiger partial charge in [0.25, 0.3) is 11.1 Å². The third-order valence-corrected chi connectivity index (χ3v) is 7.26. The molecule has 0 atom stereocenters. The number of anilines is 1. The Hall–Kier alpha value is -3.85. The number of rotatable bonds is 6. The SMILES string of the molecule is O=C(Cn1cc(/C=C2\SC(=O)N(CC(=O)N3CCCCC3)C2=O)c2ccccc21)Nc1ccccc1. The van der Waals surface area contributed by atoms with Crippen LogP contribution in [0.3, 0.4) is 0 Å². The van der Waals surface area contributed by atoms with Gasteiger partial charge in [-0.1, -0.05) is 36.4 Å². The largest absolute Gasteiger partial charge is 0.341 e. The Balaban J connectivity index is 1.35. The number of thioether (sulfide) groups is 1. The number of piperidine rings is 1. The number of hydrogen-bond acceptors (Lipinski definition) is 5. The predicted molar refractivity (Wildman–Crippen MR) is 140 cm³/mol. The minimum atomic E-state index is -0.464. The van der Waals surface area contributed by atoms with E-state index in [2.05, 4.69) is 5.32 Å². The van der Waals surface area contributed by atoms with Gasteiger partial charge in [-0.2, -0.15) is 0 Å². The maximum atomic E-state index is 13.0. The second-order valence-electron chi connectivity index (χ2n) is 8.85. The van der Waals surface area contributed by atoms with E-state index in [1.807, 2.05) is 65.4 Å². The third kappa shape index (κ3) is 5.06. The zero-order valence-corrected chi connectivity index (χ0v) is 20.5. The lowest BCUT2D eigenvalue weighted by atomic mass is 10.1. The summed E-state index contributed by atoms with van der Waals surface area (Å²) < 4.78 is 1.82. The Morgan fingerprint density at radius 1 is 0.917 bits per heavy atom.